The predicted octanol–water partition coefficient (Wildman–Crippen LogP) is 5.11. The van der Waals surface area contributed by atoms with Crippen molar-refractivity contribution in [2.75, 3.05) is 0 Å². The van der Waals surface area contributed by atoms with E-state index in [9.17, 15) is 8.78 Å². The fourth-order valence-electron chi connectivity index (χ4n) is 1.77. The Balaban J connectivity index is 2.16. The van der Waals surface area contributed by atoms with Crippen molar-refractivity contribution in [1.82, 2.24) is 4.98 Å². The Labute approximate surface area is 117 Å². The Bertz CT molecular complexity index is 574. The molecule has 2 nitrogen and oxygen atoms in total. The minimum Gasteiger partial charge on any atom is -0.457 e. The van der Waals surface area contributed by atoms with Gasteiger partial charge in [0.2, 0.25) is 0 Å². The molecule has 20 heavy (non-hydrogen) atoms. The summed E-state index contributed by atoms with van der Waals surface area (Å²) in [6, 6.07) is 10.4. The molecule has 0 aliphatic heterocycles. The van der Waals surface area contributed by atoms with E-state index in [-0.39, 0.29) is 11.1 Å². The molecule has 0 aliphatic rings. The fraction of sp³-hybridized carbons (Fsp3) is 0.312. The fourth-order valence-corrected chi connectivity index (χ4v) is 1.77. The van der Waals surface area contributed by atoms with Crippen molar-refractivity contribution in [2.45, 2.75) is 32.6 Å². The van der Waals surface area contributed by atoms with Gasteiger partial charge in [-0.1, -0.05) is 32.9 Å². The number of rotatable bonds is 3. The topological polar surface area (TPSA) is 22.1 Å². The number of hydrogen-bond donors (Lipinski definition) is 0. The lowest BCUT2D eigenvalue weighted by molar-refractivity contribution is 0.145. The van der Waals surface area contributed by atoms with Gasteiger partial charge >= 0.3 is 0 Å². The zero-order chi connectivity index (χ0) is 14.8. The molecule has 0 amide bonds. The molecule has 0 fully saturated rings. The van der Waals surface area contributed by atoms with Crippen LogP contribution in [-0.4, -0.2) is 4.98 Å². The Kier molecular flexibility index (Phi) is 4.02. The van der Waals surface area contributed by atoms with Crippen LogP contribution in [0.5, 0.6) is 11.5 Å². The zero-order valence-corrected chi connectivity index (χ0v) is 11.7. The van der Waals surface area contributed by atoms with E-state index in [1.54, 1.807) is 6.07 Å². The molecule has 0 N–H and O–H groups in total. The molecule has 0 unspecified atom stereocenters. The van der Waals surface area contributed by atoms with Crippen LogP contribution in [0.3, 0.4) is 0 Å². The van der Waals surface area contributed by atoms with E-state index in [4.69, 9.17) is 4.74 Å². The monoisotopic (exact) mass is 277 g/mol. The summed E-state index contributed by atoms with van der Waals surface area (Å²) in [5, 5.41) is 0. The second-order valence-corrected chi connectivity index (χ2v) is 5.59. The van der Waals surface area contributed by atoms with Crippen molar-refractivity contribution < 1.29 is 13.5 Å². The van der Waals surface area contributed by atoms with Crippen molar-refractivity contribution >= 4 is 0 Å². The molecule has 2 aromatic rings. The molecule has 1 aromatic heterocycles. The lowest BCUT2D eigenvalue weighted by Gasteiger charge is -2.19. The smallest absolute Gasteiger partial charge is 0.280 e. The lowest BCUT2D eigenvalue weighted by Crippen LogP contribution is -2.10. The molecule has 2 rings (SSSR count). The standard InChI is InChI=1S/C16H17F2NO/c1-16(2,3)11-4-6-12(7-5-11)20-13-8-9-19-14(10-13)15(17)18/h4-10,15H,1-3H3. The molecule has 0 aliphatic carbocycles. The third-order valence-electron chi connectivity index (χ3n) is 2.93. The van der Waals surface area contributed by atoms with Crippen LogP contribution in [0.25, 0.3) is 0 Å². The number of nitrogens with zero attached hydrogens (tertiary/aromatic N) is 1. The van der Waals surface area contributed by atoms with Crippen molar-refractivity contribution in [1.29, 1.82) is 0 Å². The number of hydrogen-bond acceptors (Lipinski definition) is 2. The van der Waals surface area contributed by atoms with Crippen LogP contribution in [0.2, 0.25) is 0 Å². The highest BCUT2D eigenvalue weighted by atomic mass is 19.3. The maximum Gasteiger partial charge on any atom is 0.280 e. The number of ether oxygens (including phenoxy) is 1. The predicted molar refractivity (Wildman–Crippen MR) is 74.4 cm³/mol. The first kappa shape index (κ1) is 14.4. The normalized spacial score (nSPS) is 11.7. The molecule has 0 atom stereocenters. The highest BCUT2D eigenvalue weighted by molar-refractivity contribution is 5.35. The van der Waals surface area contributed by atoms with Gasteiger partial charge in [-0.15, -0.1) is 0 Å². The van der Waals surface area contributed by atoms with Crippen LogP contribution in [0.15, 0.2) is 42.6 Å². The van der Waals surface area contributed by atoms with E-state index < -0.39 is 6.43 Å². The van der Waals surface area contributed by atoms with Crippen molar-refractivity contribution in [3.05, 3.63) is 53.9 Å². The van der Waals surface area contributed by atoms with E-state index in [1.807, 2.05) is 24.3 Å². The van der Waals surface area contributed by atoms with Crippen molar-refractivity contribution in [2.24, 2.45) is 0 Å². The number of pyridine rings is 1. The van der Waals surface area contributed by atoms with E-state index in [2.05, 4.69) is 25.8 Å². The van der Waals surface area contributed by atoms with Gasteiger partial charge in [0.25, 0.3) is 6.43 Å². The summed E-state index contributed by atoms with van der Waals surface area (Å²) in [6.07, 6.45) is -1.28. The molecular formula is C16H17F2NO. The van der Waals surface area contributed by atoms with Gasteiger partial charge in [-0.05, 0) is 29.2 Å². The SMILES string of the molecule is CC(C)(C)c1ccc(Oc2ccnc(C(F)F)c2)cc1. The first-order valence-corrected chi connectivity index (χ1v) is 6.39. The summed E-state index contributed by atoms with van der Waals surface area (Å²) >= 11 is 0. The van der Waals surface area contributed by atoms with Gasteiger partial charge in [0.1, 0.15) is 17.2 Å². The molecular weight excluding hydrogens is 260 g/mol. The number of aromatic nitrogens is 1. The first-order chi connectivity index (χ1) is 9.36. The lowest BCUT2D eigenvalue weighted by atomic mass is 9.87. The van der Waals surface area contributed by atoms with E-state index in [0.29, 0.717) is 11.5 Å². The van der Waals surface area contributed by atoms with Gasteiger partial charge in [-0.2, -0.15) is 0 Å². The maximum atomic E-state index is 12.6. The van der Waals surface area contributed by atoms with Crippen LogP contribution in [0.1, 0.15) is 38.5 Å². The Morgan fingerprint density at radius 3 is 2.20 bits per heavy atom. The second kappa shape index (κ2) is 5.57. The molecule has 0 bridgehead atoms. The Hall–Kier alpha value is -1.97. The highest BCUT2D eigenvalue weighted by Crippen LogP contribution is 2.28. The third kappa shape index (κ3) is 3.53. The first-order valence-electron chi connectivity index (χ1n) is 6.39. The van der Waals surface area contributed by atoms with E-state index in [0.717, 1.165) is 0 Å². The maximum absolute atomic E-state index is 12.6. The van der Waals surface area contributed by atoms with Crippen LogP contribution in [-0.2, 0) is 5.41 Å². The molecule has 0 radical (unpaired) electrons. The van der Waals surface area contributed by atoms with Gasteiger partial charge < -0.3 is 4.74 Å². The minimum atomic E-state index is -2.60. The summed E-state index contributed by atoms with van der Waals surface area (Å²) in [6.45, 7) is 6.38. The summed E-state index contributed by atoms with van der Waals surface area (Å²) in [4.78, 5) is 3.60. The molecule has 0 saturated carbocycles. The third-order valence-corrected chi connectivity index (χ3v) is 2.93. The van der Waals surface area contributed by atoms with Crippen LogP contribution >= 0.6 is 0 Å². The number of benzene rings is 1. The van der Waals surface area contributed by atoms with Gasteiger partial charge in [-0.25, -0.2) is 8.78 Å². The van der Waals surface area contributed by atoms with Crippen molar-refractivity contribution in [3.8, 4) is 11.5 Å². The van der Waals surface area contributed by atoms with Crippen LogP contribution in [0.4, 0.5) is 8.78 Å². The second-order valence-electron chi connectivity index (χ2n) is 5.59. The highest BCUT2D eigenvalue weighted by Gasteiger charge is 2.13. The largest absolute Gasteiger partial charge is 0.457 e. The molecule has 1 heterocycles. The summed E-state index contributed by atoms with van der Waals surface area (Å²) in [5.74, 6) is 0.975. The van der Waals surface area contributed by atoms with Gasteiger partial charge in [0, 0.05) is 12.3 Å². The molecule has 0 spiro atoms. The van der Waals surface area contributed by atoms with Gasteiger partial charge in [0.05, 0.1) is 0 Å². The van der Waals surface area contributed by atoms with Gasteiger partial charge in [0.15, 0.2) is 0 Å². The van der Waals surface area contributed by atoms with Crippen LogP contribution < -0.4 is 4.74 Å². The zero-order valence-electron chi connectivity index (χ0n) is 11.7. The average molecular weight is 277 g/mol. The van der Waals surface area contributed by atoms with E-state index in [1.165, 1.54) is 17.8 Å². The molecule has 0 saturated heterocycles. The molecule has 106 valence electrons. The summed E-state index contributed by atoms with van der Waals surface area (Å²) < 4.78 is 30.7. The Morgan fingerprint density at radius 1 is 1.00 bits per heavy atom. The molecule has 1 aromatic carbocycles. The number of halogens is 2. The quantitative estimate of drug-likeness (QED) is 0.777. The Morgan fingerprint density at radius 2 is 1.65 bits per heavy atom. The van der Waals surface area contributed by atoms with Crippen molar-refractivity contribution in [3.63, 3.8) is 0 Å². The summed E-state index contributed by atoms with van der Waals surface area (Å²) in [5.41, 5.74) is 0.972. The molecule has 4 heteroatoms. The van der Waals surface area contributed by atoms with Crippen LogP contribution in [0, 0.1) is 0 Å². The van der Waals surface area contributed by atoms with Gasteiger partial charge in [-0.3, -0.25) is 4.98 Å². The average Bonchev–Trinajstić information content (AvgIpc) is 2.38. The summed E-state index contributed by atoms with van der Waals surface area (Å²) in [7, 11) is 0. The number of alkyl halides is 2. The van der Waals surface area contributed by atoms with E-state index >= 15 is 0 Å². The minimum absolute atomic E-state index is 0.0675.